The van der Waals surface area contributed by atoms with Gasteiger partial charge in [0.25, 0.3) is 0 Å². The standard InChI is InChI=1S/C15H21NO/c1-17-15-10-12-6-3-2-5-11(12)9-13(15)14-7-4-8-16-14/h9-10,14,16H,2-8H2,1H3/t14-/m0/s1. The topological polar surface area (TPSA) is 21.3 Å². The molecule has 1 aromatic carbocycles. The molecule has 0 aromatic heterocycles. The number of hydrogen-bond acceptors (Lipinski definition) is 2. The summed E-state index contributed by atoms with van der Waals surface area (Å²) in [6.07, 6.45) is 7.68. The van der Waals surface area contributed by atoms with Gasteiger partial charge in [0.15, 0.2) is 0 Å². The monoisotopic (exact) mass is 231 g/mol. The zero-order chi connectivity index (χ0) is 11.7. The summed E-state index contributed by atoms with van der Waals surface area (Å²) in [4.78, 5) is 0. The van der Waals surface area contributed by atoms with Crippen molar-refractivity contribution in [1.29, 1.82) is 0 Å². The Balaban J connectivity index is 2.00. The lowest BCUT2D eigenvalue weighted by Gasteiger charge is -2.22. The maximum absolute atomic E-state index is 5.58. The highest BCUT2D eigenvalue weighted by atomic mass is 16.5. The maximum Gasteiger partial charge on any atom is 0.123 e. The largest absolute Gasteiger partial charge is 0.496 e. The zero-order valence-corrected chi connectivity index (χ0v) is 10.6. The molecule has 92 valence electrons. The average molecular weight is 231 g/mol. The van der Waals surface area contributed by atoms with Crippen molar-refractivity contribution in [3.8, 4) is 5.75 Å². The lowest BCUT2D eigenvalue weighted by molar-refractivity contribution is 0.402. The van der Waals surface area contributed by atoms with E-state index < -0.39 is 0 Å². The van der Waals surface area contributed by atoms with Gasteiger partial charge in [0.2, 0.25) is 0 Å². The Labute approximate surface area is 103 Å². The van der Waals surface area contributed by atoms with Crippen molar-refractivity contribution in [2.75, 3.05) is 13.7 Å². The number of rotatable bonds is 2. The van der Waals surface area contributed by atoms with Crippen LogP contribution < -0.4 is 10.1 Å². The van der Waals surface area contributed by atoms with Crippen molar-refractivity contribution >= 4 is 0 Å². The van der Waals surface area contributed by atoms with Gasteiger partial charge in [-0.3, -0.25) is 0 Å². The van der Waals surface area contributed by atoms with Crippen LogP contribution in [-0.2, 0) is 12.8 Å². The van der Waals surface area contributed by atoms with E-state index in [1.807, 2.05) is 0 Å². The molecule has 2 nitrogen and oxygen atoms in total. The summed E-state index contributed by atoms with van der Waals surface area (Å²) < 4.78 is 5.58. The number of aryl methyl sites for hydroxylation is 2. The van der Waals surface area contributed by atoms with Gasteiger partial charge in [-0.15, -0.1) is 0 Å². The Bertz CT molecular complexity index is 408. The fourth-order valence-electron chi connectivity index (χ4n) is 3.18. The fraction of sp³-hybridized carbons (Fsp3) is 0.600. The normalized spacial score (nSPS) is 23.5. The van der Waals surface area contributed by atoms with Crippen LogP contribution in [0.1, 0.15) is 48.4 Å². The van der Waals surface area contributed by atoms with E-state index in [-0.39, 0.29) is 0 Å². The zero-order valence-electron chi connectivity index (χ0n) is 10.6. The lowest BCUT2D eigenvalue weighted by Crippen LogP contribution is -2.15. The summed E-state index contributed by atoms with van der Waals surface area (Å²) in [5, 5.41) is 3.57. The van der Waals surface area contributed by atoms with E-state index >= 15 is 0 Å². The van der Waals surface area contributed by atoms with Crippen LogP contribution in [0.4, 0.5) is 0 Å². The van der Waals surface area contributed by atoms with Crippen molar-refractivity contribution in [3.63, 3.8) is 0 Å². The van der Waals surface area contributed by atoms with Crippen LogP contribution in [0.3, 0.4) is 0 Å². The van der Waals surface area contributed by atoms with Crippen molar-refractivity contribution in [3.05, 3.63) is 28.8 Å². The molecule has 1 aromatic rings. The number of methoxy groups -OCH3 is 1. The van der Waals surface area contributed by atoms with Crippen LogP contribution in [0.5, 0.6) is 5.75 Å². The number of hydrogen-bond donors (Lipinski definition) is 1. The quantitative estimate of drug-likeness (QED) is 0.845. The minimum Gasteiger partial charge on any atom is -0.496 e. The van der Waals surface area contributed by atoms with Crippen molar-refractivity contribution in [1.82, 2.24) is 5.32 Å². The molecule has 1 aliphatic carbocycles. The van der Waals surface area contributed by atoms with Crippen LogP contribution in [0.15, 0.2) is 12.1 Å². The molecule has 0 saturated carbocycles. The third-order valence-electron chi connectivity index (χ3n) is 4.13. The Morgan fingerprint density at radius 3 is 2.53 bits per heavy atom. The van der Waals surface area contributed by atoms with E-state index in [9.17, 15) is 0 Å². The van der Waals surface area contributed by atoms with E-state index in [2.05, 4.69) is 17.4 Å². The molecule has 1 heterocycles. The predicted molar refractivity (Wildman–Crippen MR) is 69.6 cm³/mol. The van der Waals surface area contributed by atoms with Crippen LogP contribution in [0.2, 0.25) is 0 Å². The lowest BCUT2D eigenvalue weighted by atomic mass is 9.88. The molecular formula is C15H21NO. The van der Waals surface area contributed by atoms with Gasteiger partial charge in [-0.25, -0.2) is 0 Å². The van der Waals surface area contributed by atoms with Gasteiger partial charge in [0, 0.05) is 11.6 Å². The summed E-state index contributed by atoms with van der Waals surface area (Å²) in [5.41, 5.74) is 4.45. The molecule has 2 heteroatoms. The molecule has 3 rings (SSSR count). The second kappa shape index (κ2) is 4.69. The minimum absolute atomic E-state index is 0.511. The summed E-state index contributed by atoms with van der Waals surface area (Å²) in [5.74, 6) is 1.09. The van der Waals surface area contributed by atoms with E-state index in [4.69, 9.17) is 4.74 Å². The van der Waals surface area contributed by atoms with Gasteiger partial charge in [0.1, 0.15) is 5.75 Å². The maximum atomic E-state index is 5.58. The molecule has 17 heavy (non-hydrogen) atoms. The highest BCUT2D eigenvalue weighted by Crippen LogP contribution is 2.35. The van der Waals surface area contributed by atoms with Crippen LogP contribution in [-0.4, -0.2) is 13.7 Å². The summed E-state index contributed by atoms with van der Waals surface area (Å²) in [6.45, 7) is 1.14. The molecule has 0 spiro atoms. The van der Waals surface area contributed by atoms with E-state index in [0.717, 1.165) is 12.3 Å². The van der Waals surface area contributed by atoms with Crippen LogP contribution in [0.25, 0.3) is 0 Å². The van der Waals surface area contributed by atoms with Crippen LogP contribution >= 0.6 is 0 Å². The highest BCUT2D eigenvalue weighted by molar-refractivity contribution is 5.45. The second-order valence-electron chi connectivity index (χ2n) is 5.22. The minimum atomic E-state index is 0.511. The third-order valence-corrected chi connectivity index (χ3v) is 4.13. The van der Waals surface area contributed by atoms with Crippen molar-refractivity contribution < 1.29 is 4.74 Å². The van der Waals surface area contributed by atoms with Crippen LogP contribution in [0, 0.1) is 0 Å². The predicted octanol–water partition coefficient (Wildman–Crippen LogP) is 3.00. The number of fused-ring (bicyclic) bond motifs is 1. The summed E-state index contributed by atoms with van der Waals surface area (Å²) in [6, 6.07) is 5.19. The first-order valence-corrected chi connectivity index (χ1v) is 6.81. The number of nitrogens with one attached hydrogen (secondary N) is 1. The van der Waals surface area contributed by atoms with Crippen molar-refractivity contribution in [2.24, 2.45) is 0 Å². The van der Waals surface area contributed by atoms with Crippen molar-refractivity contribution in [2.45, 2.75) is 44.6 Å². The SMILES string of the molecule is COc1cc2c(cc1[C@@H]1CCCN1)CCCC2. The molecular weight excluding hydrogens is 210 g/mol. The fourth-order valence-corrected chi connectivity index (χ4v) is 3.18. The summed E-state index contributed by atoms with van der Waals surface area (Å²) in [7, 11) is 1.79. The molecule has 2 aliphatic rings. The van der Waals surface area contributed by atoms with E-state index in [1.165, 1.54) is 49.7 Å². The van der Waals surface area contributed by atoms with Gasteiger partial charge in [-0.05, 0) is 62.3 Å². The van der Waals surface area contributed by atoms with Gasteiger partial charge in [0.05, 0.1) is 7.11 Å². The molecule has 1 N–H and O–H groups in total. The first-order chi connectivity index (χ1) is 8.38. The molecule has 0 radical (unpaired) electrons. The molecule has 1 fully saturated rings. The first kappa shape index (κ1) is 11.1. The van der Waals surface area contributed by atoms with E-state index in [1.54, 1.807) is 12.7 Å². The highest BCUT2D eigenvalue weighted by Gasteiger charge is 2.22. The second-order valence-corrected chi connectivity index (χ2v) is 5.22. The molecule has 1 atom stereocenters. The summed E-state index contributed by atoms with van der Waals surface area (Å²) >= 11 is 0. The van der Waals surface area contributed by atoms with Gasteiger partial charge in [-0.2, -0.15) is 0 Å². The van der Waals surface area contributed by atoms with E-state index in [0.29, 0.717) is 6.04 Å². The van der Waals surface area contributed by atoms with Gasteiger partial charge in [-0.1, -0.05) is 6.07 Å². The Morgan fingerprint density at radius 1 is 1.12 bits per heavy atom. The Hall–Kier alpha value is -1.02. The van der Waals surface area contributed by atoms with Gasteiger partial charge < -0.3 is 10.1 Å². The first-order valence-electron chi connectivity index (χ1n) is 6.81. The average Bonchev–Trinajstić information content (AvgIpc) is 2.91. The molecule has 0 amide bonds. The number of ether oxygens (including phenoxy) is 1. The molecule has 0 bridgehead atoms. The molecule has 0 unspecified atom stereocenters. The molecule has 1 saturated heterocycles. The number of benzene rings is 1. The third kappa shape index (κ3) is 2.06. The Kier molecular flexibility index (Phi) is 3.06. The smallest absolute Gasteiger partial charge is 0.123 e. The molecule has 1 aliphatic heterocycles. The Morgan fingerprint density at radius 2 is 1.88 bits per heavy atom. The van der Waals surface area contributed by atoms with Gasteiger partial charge >= 0.3 is 0 Å².